The molecular weight excluding hydrogens is 258 g/mol. The molecule has 5 nitrogen and oxygen atoms in total. The average molecular weight is 283 g/mol. The molecule has 0 radical (unpaired) electrons. The van der Waals surface area contributed by atoms with Gasteiger partial charge in [0.15, 0.2) is 0 Å². The Morgan fingerprint density at radius 2 is 1.95 bits per heavy atom. The van der Waals surface area contributed by atoms with Crippen molar-refractivity contribution in [2.45, 2.75) is 64.5 Å². The number of fused-ring (bicyclic) bond motifs is 1. The van der Waals surface area contributed by atoms with Crippen LogP contribution in [0.3, 0.4) is 0 Å². The minimum Gasteiger partial charge on any atom is -0.481 e. The van der Waals surface area contributed by atoms with E-state index in [4.69, 9.17) is 9.84 Å². The summed E-state index contributed by atoms with van der Waals surface area (Å²) in [6.07, 6.45) is 4.87. The van der Waals surface area contributed by atoms with Gasteiger partial charge in [-0.2, -0.15) is 0 Å². The molecule has 2 aliphatic rings. The molecule has 1 aliphatic heterocycles. The minimum absolute atomic E-state index is 0.0250. The van der Waals surface area contributed by atoms with Gasteiger partial charge in [0.1, 0.15) is 0 Å². The fraction of sp³-hybridized carbons (Fsp3) is 0.867. The molecule has 2 fully saturated rings. The quantitative estimate of drug-likeness (QED) is 0.857. The topological polar surface area (TPSA) is 66.8 Å². The minimum atomic E-state index is -0.847. The van der Waals surface area contributed by atoms with Gasteiger partial charge in [-0.1, -0.05) is 26.7 Å². The maximum Gasteiger partial charge on any atom is 0.303 e. The highest BCUT2D eigenvalue weighted by molar-refractivity contribution is 5.78. The number of carbonyl (C=O) groups excluding carboxylic acids is 1. The van der Waals surface area contributed by atoms with Crippen LogP contribution in [-0.4, -0.2) is 47.2 Å². The fourth-order valence-corrected chi connectivity index (χ4v) is 3.39. The molecule has 0 aromatic rings. The highest BCUT2D eigenvalue weighted by Crippen LogP contribution is 2.32. The third-order valence-corrected chi connectivity index (χ3v) is 4.31. The van der Waals surface area contributed by atoms with Crippen LogP contribution in [0.4, 0.5) is 0 Å². The van der Waals surface area contributed by atoms with Crippen molar-refractivity contribution in [1.29, 1.82) is 0 Å². The zero-order chi connectivity index (χ0) is 14.8. The summed E-state index contributed by atoms with van der Waals surface area (Å²) in [5.74, 6) is -0.767. The molecule has 2 atom stereocenters. The van der Waals surface area contributed by atoms with Gasteiger partial charge >= 0.3 is 5.97 Å². The number of nitrogens with zero attached hydrogens (tertiary/aromatic N) is 1. The lowest BCUT2D eigenvalue weighted by atomic mass is 9.84. The Morgan fingerprint density at radius 3 is 2.65 bits per heavy atom. The third-order valence-electron chi connectivity index (χ3n) is 4.31. The molecule has 1 N–H and O–H groups in total. The Labute approximate surface area is 120 Å². The summed E-state index contributed by atoms with van der Waals surface area (Å²) >= 11 is 0. The van der Waals surface area contributed by atoms with Gasteiger partial charge in [-0.15, -0.1) is 0 Å². The summed E-state index contributed by atoms with van der Waals surface area (Å²) in [5, 5.41) is 8.91. The van der Waals surface area contributed by atoms with Gasteiger partial charge in [0.2, 0.25) is 5.91 Å². The number of hydrogen-bond acceptors (Lipinski definition) is 3. The smallest absolute Gasteiger partial charge is 0.303 e. The predicted octanol–water partition coefficient (Wildman–Crippen LogP) is 2.05. The summed E-state index contributed by atoms with van der Waals surface area (Å²) < 4.78 is 5.77. The summed E-state index contributed by atoms with van der Waals surface area (Å²) in [7, 11) is 0. The van der Waals surface area contributed by atoms with Crippen molar-refractivity contribution in [3.8, 4) is 0 Å². The van der Waals surface area contributed by atoms with Gasteiger partial charge in [0, 0.05) is 13.0 Å². The number of carboxylic acid groups (broad SMARTS) is 1. The maximum absolute atomic E-state index is 12.5. The lowest BCUT2D eigenvalue weighted by molar-refractivity contribution is -0.152. The van der Waals surface area contributed by atoms with E-state index in [0.717, 1.165) is 19.3 Å². The summed E-state index contributed by atoms with van der Waals surface area (Å²) in [5.41, 5.74) is -0.495. The van der Waals surface area contributed by atoms with Crippen LogP contribution in [0.5, 0.6) is 0 Å². The number of amides is 1. The number of aliphatic carboxylic acids is 1. The molecular formula is C15H25NO4. The molecule has 5 heteroatoms. The van der Waals surface area contributed by atoms with Gasteiger partial charge in [-0.25, -0.2) is 0 Å². The first-order valence-electron chi connectivity index (χ1n) is 7.52. The summed E-state index contributed by atoms with van der Waals surface area (Å²) in [6, 6.07) is 0.200. The molecule has 2 rings (SSSR count). The van der Waals surface area contributed by atoms with Crippen molar-refractivity contribution in [2.75, 3.05) is 13.2 Å². The van der Waals surface area contributed by atoms with Crippen LogP contribution in [0.1, 0.15) is 52.4 Å². The molecule has 0 aromatic heterocycles. The summed E-state index contributed by atoms with van der Waals surface area (Å²) in [6.45, 7) is 4.94. The van der Waals surface area contributed by atoms with Gasteiger partial charge in [0.05, 0.1) is 25.2 Å². The van der Waals surface area contributed by atoms with Gasteiger partial charge in [-0.05, 0) is 18.3 Å². The first-order valence-corrected chi connectivity index (χ1v) is 7.52. The first kappa shape index (κ1) is 15.3. The molecule has 1 amide bonds. The summed E-state index contributed by atoms with van der Waals surface area (Å²) in [4.78, 5) is 25.3. The van der Waals surface area contributed by atoms with Crippen LogP contribution in [0.25, 0.3) is 0 Å². The lowest BCUT2D eigenvalue weighted by Gasteiger charge is -2.44. The van der Waals surface area contributed by atoms with Crippen LogP contribution >= 0.6 is 0 Å². The molecule has 0 aromatic carbocycles. The molecule has 1 saturated carbocycles. The molecule has 0 spiro atoms. The van der Waals surface area contributed by atoms with E-state index in [-0.39, 0.29) is 24.5 Å². The predicted molar refractivity (Wildman–Crippen MR) is 74.4 cm³/mol. The van der Waals surface area contributed by atoms with Gasteiger partial charge < -0.3 is 14.7 Å². The number of rotatable bonds is 4. The Bertz CT molecular complexity index is 378. The van der Waals surface area contributed by atoms with Crippen LogP contribution < -0.4 is 0 Å². The number of carbonyl (C=O) groups is 2. The monoisotopic (exact) mass is 283 g/mol. The second-order valence-electron chi connectivity index (χ2n) is 6.76. The number of morpholine rings is 1. The molecule has 1 heterocycles. The highest BCUT2D eigenvalue weighted by atomic mass is 16.5. The van der Waals surface area contributed by atoms with Crippen LogP contribution in [0.2, 0.25) is 0 Å². The molecule has 20 heavy (non-hydrogen) atoms. The largest absolute Gasteiger partial charge is 0.481 e. The van der Waals surface area contributed by atoms with Crippen LogP contribution in [0, 0.1) is 5.41 Å². The van der Waals surface area contributed by atoms with Crippen molar-refractivity contribution >= 4 is 11.9 Å². The van der Waals surface area contributed by atoms with E-state index in [0.29, 0.717) is 19.6 Å². The molecule has 2 unspecified atom stereocenters. The second-order valence-corrected chi connectivity index (χ2v) is 6.76. The molecule has 1 saturated heterocycles. The van der Waals surface area contributed by atoms with E-state index in [2.05, 4.69) is 0 Å². The van der Waals surface area contributed by atoms with Gasteiger partial charge in [0.25, 0.3) is 0 Å². The maximum atomic E-state index is 12.5. The molecule has 114 valence electrons. The van der Waals surface area contributed by atoms with Crippen molar-refractivity contribution in [3.63, 3.8) is 0 Å². The van der Waals surface area contributed by atoms with Crippen molar-refractivity contribution in [3.05, 3.63) is 0 Å². The fourth-order valence-electron chi connectivity index (χ4n) is 3.39. The zero-order valence-corrected chi connectivity index (χ0v) is 12.4. The lowest BCUT2D eigenvalue weighted by Crippen LogP contribution is -2.55. The van der Waals surface area contributed by atoms with Crippen molar-refractivity contribution in [1.82, 2.24) is 4.90 Å². The Hall–Kier alpha value is -1.10. The van der Waals surface area contributed by atoms with E-state index in [1.807, 2.05) is 18.7 Å². The normalized spacial score (nSPS) is 27.0. The van der Waals surface area contributed by atoms with E-state index < -0.39 is 11.4 Å². The number of carboxylic acids is 1. The number of hydrogen-bond donors (Lipinski definition) is 1. The van der Waals surface area contributed by atoms with E-state index in [1.165, 1.54) is 6.42 Å². The Kier molecular flexibility index (Phi) is 4.68. The van der Waals surface area contributed by atoms with Crippen molar-refractivity contribution < 1.29 is 19.4 Å². The molecule has 0 bridgehead atoms. The number of ether oxygens (including phenoxy) is 1. The van der Waals surface area contributed by atoms with E-state index in [9.17, 15) is 9.59 Å². The molecule has 1 aliphatic carbocycles. The van der Waals surface area contributed by atoms with E-state index >= 15 is 0 Å². The Balaban J connectivity index is 1.98. The second kappa shape index (κ2) is 6.12. The standard InChI is InChI=1S/C15H25NO4/c1-15(2,10-14(18)19)9-13(17)16-7-8-20-12-6-4-3-5-11(12)16/h11-12H,3-10H2,1-2H3,(H,18,19). The van der Waals surface area contributed by atoms with Crippen LogP contribution in [0.15, 0.2) is 0 Å². The highest BCUT2D eigenvalue weighted by Gasteiger charge is 2.38. The average Bonchev–Trinajstić information content (AvgIpc) is 2.35. The van der Waals surface area contributed by atoms with Crippen LogP contribution in [-0.2, 0) is 14.3 Å². The third kappa shape index (κ3) is 3.72. The SMILES string of the molecule is CC(C)(CC(=O)O)CC(=O)N1CCOC2CCCCC21. The first-order chi connectivity index (χ1) is 9.39. The van der Waals surface area contributed by atoms with E-state index in [1.54, 1.807) is 0 Å². The van der Waals surface area contributed by atoms with Crippen molar-refractivity contribution in [2.24, 2.45) is 5.41 Å². The zero-order valence-electron chi connectivity index (χ0n) is 12.4. The Morgan fingerprint density at radius 1 is 1.25 bits per heavy atom. The van der Waals surface area contributed by atoms with Gasteiger partial charge in [-0.3, -0.25) is 9.59 Å².